The number of nitrogens with one attached hydrogen (secondary N) is 3. The zero-order chi connectivity index (χ0) is 28.6. The van der Waals surface area contributed by atoms with E-state index in [0.717, 1.165) is 6.07 Å². The van der Waals surface area contributed by atoms with Crippen LogP contribution in [0.2, 0.25) is 0 Å². The number of benzene rings is 2. The average molecular weight is 557 g/mol. The van der Waals surface area contributed by atoms with E-state index in [9.17, 15) is 18.4 Å². The molecule has 0 radical (unpaired) electrons. The normalized spacial score (nSPS) is 17.0. The Bertz CT molecular complexity index is 1320. The van der Waals surface area contributed by atoms with Crippen LogP contribution >= 0.6 is 0 Å². The summed E-state index contributed by atoms with van der Waals surface area (Å²) in [5, 5.41) is 13.1. The molecule has 1 aromatic heterocycles. The van der Waals surface area contributed by atoms with Crippen molar-refractivity contribution in [3.63, 3.8) is 0 Å². The van der Waals surface area contributed by atoms with E-state index in [1.807, 2.05) is 30.3 Å². The summed E-state index contributed by atoms with van der Waals surface area (Å²) in [5.41, 5.74) is 1.92. The average Bonchev–Trinajstić information content (AvgIpc) is 3.47. The molecule has 12 heteroatoms. The number of rotatable bonds is 11. The van der Waals surface area contributed by atoms with Gasteiger partial charge in [0.25, 0.3) is 0 Å². The molecule has 10 nitrogen and oxygen atoms in total. The summed E-state index contributed by atoms with van der Waals surface area (Å²) in [4.78, 5) is 26.6. The molecule has 0 aliphatic carbocycles. The van der Waals surface area contributed by atoms with E-state index in [1.54, 1.807) is 24.8 Å². The van der Waals surface area contributed by atoms with Gasteiger partial charge in [0.05, 0.1) is 30.4 Å². The van der Waals surface area contributed by atoms with E-state index in [4.69, 9.17) is 9.47 Å². The highest BCUT2D eigenvalue weighted by atomic mass is 19.2. The molecule has 0 bridgehead atoms. The maximum Gasteiger partial charge on any atom is 0.320 e. The molecular formula is C28H34F2N6O4. The molecule has 2 unspecified atom stereocenters. The summed E-state index contributed by atoms with van der Waals surface area (Å²) in [6.45, 7) is 5.91. The minimum Gasteiger partial charge on any atom is -0.474 e. The van der Waals surface area contributed by atoms with Crippen LogP contribution in [0.5, 0.6) is 5.88 Å². The quantitative estimate of drug-likeness (QED) is 0.313. The van der Waals surface area contributed by atoms with Crippen molar-refractivity contribution in [2.24, 2.45) is 0 Å². The van der Waals surface area contributed by atoms with Gasteiger partial charge in [0, 0.05) is 39.6 Å². The number of nitrogens with zero attached hydrogens (tertiary/aromatic N) is 3. The number of ether oxygens (including phenoxy) is 2. The Hall–Kier alpha value is -4.03. The Morgan fingerprint density at radius 1 is 1.07 bits per heavy atom. The van der Waals surface area contributed by atoms with Gasteiger partial charge in [-0.05, 0) is 36.8 Å². The van der Waals surface area contributed by atoms with Crippen molar-refractivity contribution in [3.05, 3.63) is 71.3 Å². The van der Waals surface area contributed by atoms with Crippen LogP contribution in [0.4, 0.5) is 19.4 Å². The smallest absolute Gasteiger partial charge is 0.320 e. The van der Waals surface area contributed by atoms with Gasteiger partial charge in [0.1, 0.15) is 12.4 Å². The van der Waals surface area contributed by atoms with Crippen LogP contribution in [0.15, 0.2) is 48.5 Å². The fourth-order valence-electron chi connectivity index (χ4n) is 4.72. The monoisotopic (exact) mass is 556 g/mol. The molecule has 0 spiro atoms. The Kier molecular flexibility index (Phi) is 9.67. The van der Waals surface area contributed by atoms with Crippen LogP contribution in [-0.2, 0) is 9.53 Å². The predicted molar refractivity (Wildman–Crippen MR) is 146 cm³/mol. The molecule has 1 fully saturated rings. The fourth-order valence-corrected chi connectivity index (χ4v) is 4.72. The van der Waals surface area contributed by atoms with Crippen LogP contribution < -0.4 is 20.7 Å². The molecule has 1 aliphatic rings. The number of methoxy groups -OCH3 is 1. The van der Waals surface area contributed by atoms with Gasteiger partial charge in [-0.25, -0.2) is 18.3 Å². The second-order valence-corrected chi connectivity index (χ2v) is 9.59. The highest BCUT2D eigenvalue weighted by Gasteiger charge is 2.35. The van der Waals surface area contributed by atoms with Crippen LogP contribution in [0.25, 0.3) is 5.69 Å². The number of aromatic nitrogens is 2. The summed E-state index contributed by atoms with van der Waals surface area (Å²) in [5.74, 6) is -1.54. The number of carbonyl (C=O) groups is 2. The number of para-hydroxylation sites is 1. The lowest BCUT2D eigenvalue weighted by atomic mass is 9.94. The van der Waals surface area contributed by atoms with Gasteiger partial charge in [-0.3, -0.25) is 15.0 Å². The number of hydrogen-bond acceptors (Lipinski definition) is 6. The molecule has 1 aliphatic heterocycles. The first-order chi connectivity index (χ1) is 19.3. The molecule has 4 rings (SSSR count). The summed E-state index contributed by atoms with van der Waals surface area (Å²) in [6, 6.07) is 12.3. The molecule has 3 amide bonds. The van der Waals surface area contributed by atoms with Gasteiger partial charge in [0.2, 0.25) is 11.8 Å². The van der Waals surface area contributed by atoms with Crippen LogP contribution in [0.3, 0.4) is 0 Å². The first-order valence-corrected chi connectivity index (χ1v) is 13.0. The van der Waals surface area contributed by atoms with Gasteiger partial charge < -0.3 is 20.1 Å². The van der Waals surface area contributed by atoms with Crippen molar-refractivity contribution in [1.29, 1.82) is 0 Å². The number of carbonyl (C=O) groups excluding carboxylic acids is 2. The third-order valence-corrected chi connectivity index (χ3v) is 6.72. The van der Waals surface area contributed by atoms with Gasteiger partial charge in [-0.2, -0.15) is 0 Å². The zero-order valence-corrected chi connectivity index (χ0v) is 22.7. The molecule has 2 heterocycles. The highest BCUT2D eigenvalue weighted by molar-refractivity contribution is 5.90. The third kappa shape index (κ3) is 7.13. The summed E-state index contributed by atoms with van der Waals surface area (Å²) in [7, 11) is 1.61. The van der Waals surface area contributed by atoms with E-state index in [1.165, 1.54) is 13.0 Å². The molecule has 3 N–H and O–H groups in total. The maximum atomic E-state index is 14.1. The highest BCUT2D eigenvalue weighted by Crippen LogP contribution is 2.30. The first-order valence-electron chi connectivity index (χ1n) is 13.0. The predicted octanol–water partition coefficient (Wildman–Crippen LogP) is 3.21. The van der Waals surface area contributed by atoms with Crippen molar-refractivity contribution in [3.8, 4) is 11.6 Å². The minimum absolute atomic E-state index is 0.163. The van der Waals surface area contributed by atoms with Crippen molar-refractivity contribution < 1.29 is 27.8 Å². The van der Waals surface area contributed by atoms with Gasteiger partial charge in [-0.1, -0.05) is 24.3 Å². The molecular weight excluding hydrogens is 522 g/mol. The number of amides is 3. The third-order valence-electron chi connectivity index (χ3n) is 6.72. The second kappa shape index (κ2) is 13.4. The maximum absolute atomic E-state index is 14.1. The Morgan fingerprint density at radius 3 is 2.55 bits per heavy atom. The molecule has 3 aromatic rings. The lowest BCUT2D eigenvalue weighted by Crippen LogP contribution is -2.42. The Balaban J connectivity index is 1.54. The van der Waals surface area contributed by atoms with Gasteiger partial charge in [-0.15, -0.1) is 5.10 Å². The standard InChI is InChI=1S/C28H34F2N6O4/c1-18-26(36(21-7-5-4-6-8-21)34-27(18)40-13-11-31-19(2)37)33-28(38)32-25-17-35(12-14-39-3)16-22(25)20-9-10-23(29)24(30)15-20/h4-10,15,22,25H,11-14,16-17H2,1-3H3,(H,31,37)(H2,32,33,38). The molecule has 1 saturated heterocycles. The topological polar surface area (TPSA) is 110 Å². The van der Waals surface area contributed by atoms with Gasteiger partial charge in [0.15, 0.2) is 11.6 Å². The lowest BCUT2D eigenvalue weighted by molar-refractivity contribution is -0.119. The van der Waals surface area contributed by atoms with E-state index in [0.29, 0.717) is 61.3 Å². The molecule has 2 atom stereocenters. The fraction of sp³-hybridized carbons (Fsp3) is 0.393. The number of likely N-dealkylation sites (tertiary alicyclic amines) is 1. The van der Waals surface area contributed by atoms with Crippen LogP contribution in [0.1, 0.15) is 24.0 Å². The second-order valence-electron chi connectivity index (χ2n) is 9.59. The number of hydrogen-bond donors (Lipinski definition) is 3. The molecule has 2 aromatic carbocycles. The van der Waals surface area contributed by atoms with E-state index < -0.39 is 17.7 Å². The van der Waals surface area contributed by atoms with Crippen LogP contribution in [-0.4, -0.2) is 79.2 Å². The number of halogens is 2. The van der Waals surface area contributed by atoms with Crippen molar-refractivity contribution in [1.82, 2.24) is 25.3 Å². The summed E-state index contributed by atoms with van der Waals surface area (Å²) in [6.07, 6.45) is 0. The number of anilines is 1. The summed E-state index contributed by atoms with van der Waals surface area (Å²) >= 11 is 0. The molecule has 214 valence electrons. The SMILES string of the molecule is COCCN1CC(NC(=O)Nc2c(C)c(OCCNC(C)=O)nn2-c2ccccc2)C(c2ccc(F)c(F)c2)C1. The Morgan fingerprint density at radius 2 is 1.85 bits per heavy atom. The Labute approximate surface area is 231 Å². The van der Waals surface area contributed by atoms with Crippen LogP contribution in [0, 0.1) is 18.6 Å². The molecule has 0 saturated carbocycles. The molecule has 40 heavy (non-hydrogen) atoms. The van der Waals surface area contributed by atoms with Crippen molar-refractivity contribution >= 4 is 17.8 Å². The van der Waals surface area contributed by atoms with E-state index in [2.05, 4.69) is 25.9 Å². The minimum atomic E-state index is -0.926. The first kappa shape index (κ1) is 29.0. The van der Waals surface area contributed by atoms with Gasteiger partial charge >= 0.3 is 6.03 Å². The van der Waals surface area contributed by atoms with Crippen molar-refractivity contribution in [2.75, 3.05) is 51.8 Å². The summed E-state index contributed by atoms with van der Waals surface area (Å²) < 4.78 is 40.2. The largest absolute Gasteiger partial charge is 0.474 e. The van der Waals surface area contributed by atoms with Crippen molar-refractivity contribution in [2.45, 2.75) is 25.8 Å². The lowest BCUT2D eigenvalue weighted by Gasteiger charge is -2.21. The van der Waals surface area contributed by atoms with E-state index in [-0.39, 0.29) is 24.5 Å². The van der Waals surface area contributed by atoms with E-state index >= 15 is 0 Å². The zero-order valence-electron chi connectivity index (χ0n) is 22.7. The number of urea groups is 1.